The zero-order chi connectivity index (χ0) is 22.3. The number of rotatable bonds is 8. The summed E-state index contributed by atoms with van der Waals surface area (Å²) in [6.07, 6.45) is 1.69. The summed E-state index contributed by atoms with van der Waals surface area (Å²) in [5, 5.41) is 8.81. The van der Waals surface area contributed by atoms with E-state index < -0.39 is 0 Å². The number of thiophene rings is 1. The molecule has 1 aliphatic heterocycles. The predicted molar refractivity (Wildman–Crippen MR) is 122 cm³/mol. The van der Waals surface area contributed by atoms with Crippen molar-refractivity contribution in [2.45, 2.75) is 26.3 Å². The number of nitrogens with one attached hydrogen (secondary N) is 1. The van der Waals surface area contributed by atoms with Crippen LogP contribution in [0.3, 0.4) is 0 Å². The second-order valence-corrected chi connectivity index (χ2v) is 8.78. The van der Waals surface area contributed by atoms with Crippen LogP contribution < -0.4 is 5.32 Å². The van der Waals surface area contributed by atoms with E-state index in [4.69, 9.17) is 4.52 Å². The Bertz CT molecular complexity index is 1020. The van der Waals surface area contributed by atoms with Crippen LogP contribution in [0.15, 0.2) is 46.3 Å². The number of carbonyl (C=O) groups is 2. The molecule has 3 heterocycles. The maximum Gasteiger partial charge on any atom is 0.253 e. The summed E-state index contributed by atoms with van der Waals surface area (Å²) in [6.45, 7) is 6.06. The van der Waals surface area contributed by atoms with E-state index >= 15 is 0 Å². The summed E-state index contributed by atoms with van der Waals surface area (Å²) in [4.78, 5) is 33.6. The van der Waals surface area contributed by atoms with Gasteiger partial charge < -0.3 is 14.7 Å². The van der Waals surface area contributed by atoms with Gasteiger partial charge in [-0.2, -0.15) is 4.98 Å². The van der Waals surface area contributed by atoms with Crippen LogP contribution >= 0.6 is 11.3 Å². The maximum absolute atomic E-state index is 12.8. The standard InChI is InChI=1S/C23H27N5O3S/c1-17(29)24-16-18-6-8-19(9-7-18)23(30)28-13-11-27(12-14-28)10-2-5-21-25-22(26-31-21)20-4-3-15-32-20/h3-4,6-9,15H,2,5,10-14,16H2,1H3,(H,24,29). The number of hydrogen-bond acceptors (Lipinski definition) is 7. The van der Waals surface area contributed by atoms with Gasteiger partial charge in [-0.25, -0.2) is 0 Å². The largest absolute Gasteiger partial charge is 0.352 e. The minimum Gasteiger partial charge on any atom is -0.352 e. The number of hydrogen-bond donors (Lipinski definition) is 1. The van der Waals surface area contributed by atoms with Crippen molar-refractivity contribution in [1.82, 2.24) is 25.3 Å². The molecule has 168 valence electrons. The first-order valence-electron chi connectivity index (χ1n) is 10.8. The molecular formula is C23H27N5O3S. The Hall–Kier alpha value is -3.04. The molecule has 1 N–H and O–H groups in total. The van der Waals surface area contributed by atoms with Crippen LogP contribution in [0.25, 0.3) is 10.7 Å². The molecule has 0 unspecified atom stereocenters. The van der Waals surface area contributed by atoms with Crippen LogP contribution in [-0.4, -0.2) is 64.5 Å². The molecule has 1 aliphatic rings. The summed E-state index contributed by atoms with van der Waals surface area (Å²) < 4.78 is 5.36. The molecule has 0 radical (unpaired) electrons. The van der Waals surface area contributed by atoms with Crippen LogP contribution in [0.1, 0.15) is 35.2 Å². The first kappa shape index (κ1) is 22.2. The molecule has 8 nitrogen and oxygen atoms in total. The highest BCUT2D eigenvalue weighted by Gasteiger charge is 2.22. The monoisotopic (exact) mass is 453 g/mol. The Balaban J connectivity index is 1.18. The number of aryl methyl sites for hydroxylation is 1. The summed E-state index contributed by atoms with van der Waals surface area (Å²) in [6, 6.07) is 11.4. The van der Waals surface area contributed by atoms with Gasteiger partial charge in [-0.15, -0.1) is 11.3 Å². The van der Waals surface area contributed by atoms with E-state index in [-0.39, 0.29) is 11.8 Å². The third kappa shape index (κ3) is 5.80. The first-order valence-corrected chi connectivity index (χ1v) is 11.7. The van der Waals surface area contributed by atoms with Gasteiger partial charge in [0.1, 0.15) is 0 Å². The molecule has 0 bridgehead atoms. The molecule has 1 fully saturated rings. The van der Waals surface area contributed by atoms with Gasteiger partial charge in [0, 0.05) is 51.6 Å². The molecular weight excluding hydrogens is 426 g/mol. The van der Waals surface area contributed by atoms with Crippen molar-refractivity contribution in [3.63, 3.8) is 0 Å². The quantitative estimate of drug-likeness (QED) is 0.564. The predicted octanol–water partition coefficient (Wildman–Crippen LogP) is 2.82. The maximum atomic E-state index is 12.8. The fraction of sp³-hybridized carbons (Fsp3) is 0.391. The van der Waals surface area contributed by atoms with E-state index in [9.17, 15) is 9.59 Å². The van der Waals surface area contributed by atoms with Gasteiger partial charge in [0.25, 0.3) is 5.91 Å². The van der Waals surface area contributed by atoms with Crippen LogP contribution in [0.4, 0.5) is 0 Å². The van der Waals surface area contributed by atoms with Gasteiger partial charge >= 0.3 is 0 Å². The van der Waals surface area contributed by atoms with Gasteiger partial charge in [-0.3, -0.25) is 14.5 Å². The molecule has 0 aliphatic carbocycles. The summed E-state index contributed by atoms with van der Waals surface area (Å²) in [5.41, 5.74) is 1.66. The Kier molecular flexibility index (Phi) is 7.28. The molecule has 4 rings (SSSR count). The topological polar surface area (TPSA) is 91.6 Å². The summed E-state index contributed by atoms with van der Waals surface area (Å²) in [5.74, 6) is 1.32. The molecule has 32 heavy (non-hydrogen) atoms. The number of benzene rings is 1. The molecule has 0 saturated carbocycles. The lowest BCUT2D eigenvalue weighted by Gasteiger charge is -2.34. The van der Waals surface area contributed by atoms with Gasteiger partial charge in [-0.05, 0) is 42.1 Å². The zero-order valence-electron chi connectivity index (χ0n) is 18.1. The Morgan fingerprint density at radius 2 is 1.91 bits per heavy atom. The molecule has 3 aromatic rings. The van der Waals surface area contributed by atoms with Crippen molar-refractivity contribution in [3.8, 4) is 10.7 Å². The van der Waals surface area contributed by atoms with E-state index in [1.165, 1.54) is 6.92 Å². The fourth-order valence-corrected chi connectivity index (χ4v) is 4.31. The number of piperazine rings is 1. The Labute approximate surface area is 191 Å². The van der Waals surface area contributed by atoms with E-state index in [2.05, 4.69) is 20.4 Å². The minimum atomic E-state index is -0.0664. The van der Waals surface area contributed by atoms with Gasteiger partial charge in [0.2, 0.25) is 17.6 Å². The van der Waals surface area contributed by atoms with Crippen LogP contribution in [0.2, 0.25) is 0 Å². The molecule has 0 spiro atoms. The lowest BCUT2D eigenvalue weighted by molar-refractivity contribution is -0.119. The molecule has 2 amide bonds. The van der Waals surface area contributed by atoms with E-state index in [1.807, 2.05) is 46.7 Å². The van der Waals surface area contributed by atoms with E-state index in [0.717, 1.165) is 56.0 Å². The van der Waals surface area contributed by atoms with Crippen molar-refractivity contribution in [3.05, 3.63) is 58.8 Å². The number of aromatic nitrogens is 2. The average Bonchev–Trinajstić information content (AvgIpc) is 3.50. The lowest BCUT2D eigenvalue weighted by atomic mass is 10.1. The second kappa shape index (κ2) is 10.5. The highest BCUT2D eigenvalue weighted by molar-refractivity contribution is 7.13. The molecule has 9 heteroatoms. The van der Waals surface area contributed by atoms with Crippen molar-refractivity contribution >= 4 is 23.2 Å². The number of nitrogens with zero attached hydrogens (tertiary/aromatic N) is 4. The lowest BCUT2D eigenvalue weighted by Crippen LogP contribution is -2.48. The normalized spacial score (nSPS) is 14.5. The van der Waals surface area contributed by atoms with Crippen molar-refractivity contribution in [2.24, 2.45) is 0 Å². The minimum absolute atomic E-state index is 0.0580. The Morgan fingerprint density at radius 1 is 1.12 bits per heavy atom. The van der Waals surface area contributed by atoms with E-state index in [0.29, 0.717) is 23.8 Å². The number of amides is 2. The third-order valence-electron chi connectivity index (χ3n) is 5.48. The van der Waals surface area contributed by atoms with Gasteiger partial charge in [0.15, 0.2) is 0 Å². The van der Waals surface area contributed by atoms with Gasteiger partial charge in [0.05, 0.1) is 4.88 Å². The molecule has 1 aromatic carbocycles. The van der Waals surface area contributed by atoms with E-state index in [1.54, 1.807) is 11.3 Å². The highest BCUT2D eigenvalue weighted by Crippen LogP contribution is 2.21. The first-order chi connectivity index (χ1) is 15.6. The average molecular weight is 454 g/mol. The van der Waals surface area contributed by atoms with Crippen LogP contribution in [0, 0.1) is 0 Å². The van der Waals surface area contributed by atoms with Crippen molar-refractivity contribution < 1.29 is 14.1 Å². The molecule has 1 saturated heterocycles. The van der Waals surface area contributed by atoms with Crippen LogP contribution in [0.5, 0.6) is 0 Å². The Morgan fingerprint density at radius 3 is 2.59 bits per heavy atom. The number of carbonyl (C=O) groups excluding carboxylic acids is 2. The highest BCUT2D eigenvalue weighted by atomic mass is 32.1. The van der Waals surface area contributed by atoms with Gasteiger partial charge in [-0.1, -0.05) is 23.4 Å². The van der Waals surface area contributed by atoms with Crippen molar-refractivity contribution in [2.75, 3.05) is 32.7 Å². The SMILES string of the molecule is CC(=O)NCc1ccc(C(=O)N2CCN(CCCc3nc(-c4cccs4)no3)CC2)cc1. The van der Waals surface area contributed by atoms with Crippen LogP contribution in [-0.2, 0) is 17.8 Å². The molecule has 2 aromatic heterocycles. The second-order valence-electron chi connectivity index (χ2n) is 7.83. The summed E-state index contributed by atoms with van der Waals surface area (Å²) >= 11 is 1.60. The fourth-order valence-electron chi connectivity index (χ4n) is 3.67. The van der Waals surface area contributed by atoms with Crippen molar-refractivity contribution in [1.29, 1.82) is 0 Å². The third-order valence-corrected chi connectivity index (χ3v) is 6.34. The smallest absolute Gasteiger partial charge is 0.253 e. The summed E-state index contributed by atoms with van der Waals surface area (Å²) in [7, 11) is 0. The molecule has 0 atom stereocenters. The zero-order valence-corrected chi connectivity index (χ0v) is 18.9.